The molecule has 1 aliphatic carbocycles. The van der Waals surface area contributed by atoms with Gasteiger partial charge in [0.2, 0.25) is 0 Å². The van der Waals surface area contributed by atoms with E-state index < -0.39 is 0 Å². The molecule has 1 atom stereocenters. The van der Waals surface area contributed by atoms with Crippen LogP contribution < -0.4 is 5.73 Å². The van der Waals surface area contributed by atoms with E-state index in [0.29, 0.717) is 0 Å². The van der Waals surface area contributed by atoms with Crippen LogP contribution in [0.3, 0.4) is 0 Å². The van der Waals surface area contributed by atoms with Gasteiger partial charge in [0.25, 0.3) is 0 Å². The van der Waals surface area contributed by atoms with Gasteiger partial charge in [-0.05, 0) is 37.7 Å². The maximum absolute atomic E-state index is 6.25. The number of hydrogen-bond acceptors (Lipinski definition) is 2. The highest BCUT2D eigenvalue weighted by atomic mass is 16.5. The molecule has 2 nitrogen and oxygen atoms in total. The molecule has 0 bridgehead atoms. The Morgan fingerprint density at radius 2 is 2.00 bits per heavy atom. The summed E-state index contributed by atoms with van der Waals surface area (Å²) >= 11 is 0. The zero-order valence-electron chi connectivity index (χ0n) is 9.99. The predicted octanol–water partition coefficient (Wildman–Crippen LogP) is 2.52. The van der Waals surface area contributed by atoms with Crippen LogP contribution in [0.1, 0.15) is 31.2 Å². The summed E-state index contributed by atoms with van der Waals surface area (Å²) < 4.78 is 5.60. The van der Waals surface area contributed by atoms with Crippen LogP contribution in [-0.4, -0.2) is 18.8 Å². The van der Waals surface area contributed by atoms with Crippen molar-refractivity contribution in [2.45, 2.75) is 43.7 Å². The molecule has 2 heteroatoms. The third-order valence-corrected chi connectivity index (χ3v) is 3.87. The van der Waals surface area contributed by atoms with Crippen LogP contribution in [-0.2, 0) is 11.2 Å². The van der Waals surface area contributed by atoms with Gasteiger partial charge in [-0.15, -0.1) is 0 Å². The van der Waals surface area contributed by atoms with Crippen LogP contribution >= 0.6 is 0 Å². The lowest BCUT2D eigenvalue weighted by atomic mass is 9.73. The Morgan fingerprint density at radius 1 is 1.31 bits per heavy atom. The first-order valence-electron chi connectivity index (χ1n) is 6.11. The van der Waals surface area contributed by atoms with Crippen LogP contribution in [0.2, 0.25) is 0 Å². The van der Waals surface area contributed by atoms with E-state index in [4.69, 9.17) is 10.5 Å². The fourth-order valence-electron chi connectivity index (χ4n) is 2.48. The van der Waals surface area contributed by atoms with Crippen molar-refractivity contribution in [1.29, 1.82) is 0 Å². The minimum Gasteiger partial charge on any atom is -0.377 e. The SMILES string of the molecule is COC1(C(N)CCc2ccccc2)CCC1. The predicted molar refractivity (Wildman–Crippen MR) is 66.3 cm³/mol. The quantitative estimate of drug-likeness (QED) is 0.826. The molecule has 16 heavy (non-hydrogen) atoms. The highest BCUT2D eigenvalue weighted by molar-refractivity contribution is 5.15. The van der Waals surface area contributed by atoms with Gasteiger partial charge in [-0.3, -0.25) is 0 Å². The molecule has 0 aromatic heterocycles. The van der Waals surface area contributed by atoms with Crippen molar-refractivity contribution < 1.29 is 4.74 Å². The zero-order chi connectivity index (χ0) is 11.4. The second kappa shape index (κ2) is 4.98. The summed E-state index contributed by atoms with van der Waals surface area (Å²) in [6.45, 7) is 0. The molecule has 0 heterocycles. The minimum absolute atomic E-state index is 0.0191. The molecule has 0 radical (unpaired) electrons. The molecule has 1 saturated carbocycles. The molecule has 1 fully saturated rings. The summed E-state index contributed by atoms with van der Waals surface area (Å²) in [6.07, 6.45) is 5.57. The van der Waals surface area contributed by atoms with E-state index >= 15 is 0 Å². The molecule has 1 aromatic carbocycles. The minimum atomic E-state index is -0.0191. The van der Waals surface area contributed by atoms with Gasteiger partial charge in [0.15, 0.2) is 0 Å². The van der Waals surface area contributed by atoms with Crippen molar-refractivity contribution in [2.75, 3.05) is 7.11 Å². The summed E-state index contributed by atoms with van der Waals surface area (Å²) in [7, 11) is 1.79. The standard InChI is InChI=1S/C14H21NO/c1-16-14(10-5-11-14)13(15)9-8-12-6-3-2-4-7-12/h2-4,6-7,13H,5,8-11,15H2,1H3. The van der Waals surface area contributed by atoms with Crippen LogP contribution in [0.15, 0.2) is 30.3 Å². The molecule has 1 unspecified atom stereocenters. The molecule has 0 aliphatic heterocycles. The Labute approximate surface area is 97.8 Å². The summed E-state index contributed by atoms with van der Waals surface area (Å²) in [6, 6.07) is 10.7. The molecule has 0 amide bonds. The van der Waals surface area contributed by atoms with Gasteiger partial charge in [0.1, 0.15) is 0 Å². The van der Waals surface area contributed by atoms with Gasteiger partial charge in [0.05, 0.1) is 5.60 Å². The molecule has 0 spiro atoms. The van der Waals surface area contributed by atoms with Gasteiger partial charge in [-0.2, -0.15) is 0 Å². The van der Waals surface area contributed by atoms with Crippen LogP contribution in [0, 0.1) is 0 Å². The first-order valence-corrected chi connectivity index (χ1v) is 6.11. The fourth-order valence-corrected chi connectivity index (χ4v) is 2.48. The monoisotopic (exact) mass is 219 g/mol. The highest BCUT2D eigenvalue weighted by Gasteiger charge is 2.42. The highest BCUT2D eigenvalue weighted by Crippen LogP contribution is 2.38. The molecular formula is C14H21NO. The van der Waals surface area contributed by atoms with Crippen molar-refractivity contribution in [3.63, 3.8) is 0 Å². The Bertz CT molecular complexity index is 313. The van der Waals surface area contributed by atoms with Crippen molar-refractivity contribution in [2.24, 2.45) is 5.73 Å². The number of benzene rings is 1. The Kier molecular flexibility index (Phi) is 3.62. The van der Waals surface area contributed by atoms with Crippen LogP contribution in [0.5, 0.6) is 0 Å². The molecule has 0 saturated heterocycles. The van der Waals surface area contributed by atoms with E-state index in [-0.39, 0.29) is 11.6 Å². The lowest BCUT2D eigenvalue weighted by Gasteiger charge is -2.45. The van der Waals surface area contributed by atoms with Gasteiger partial charge < -0.3 is 10.5 Å². The second-order valence-corrected chi connectivity index (χ2v) is 4.75. The summed E-state index contributed by atoms with van der Waals surface area (Å²) in [5, 5.41) is 0. The number of aryl methyl sites for hydroxylation is 1. The van der Waals surface area contributed by atoms with Crippen molar-refractivity contribution in [1.82, 2.24) is 0 Å². The average molecular weight is 219 g/mol. The number of nitrogens with two attached hydrogens (primary N) is 1. The number of rotatable bonds is 5. The molecule has 2 N–H and O–H groups in total. The van der Waals surface area contributed by atoms with Gasteiger partial charge in [-0.25, -0.2) is 0 Å². The van der Waals surface area contributed by atoms with E-state index in [9.17, 15) is 0 Å². The Hall–Kier alpha value is -0.860. The van der Waals surface area contributed by atoms with Gasteiger partial charge >= 0.3 is 0 Å². The van der Waals surface area contributed by atoms with E-state index in [1.54, 1.807) is 7.11 Å². The lowest BCUT2D eigenvalue weighted by Crippen LogP contribution is -2.54. The molecule has 2 rings (SSSR count). The van der Waals surface area contributed by atoms with E-state index in [2.05, 4.69) is 24.3 Å². The smallest absolute Gasteiger partial charge is 0.0829 e. The van der Waals surface area contributed by atoms with Crippen LogP contribution in [0.4, 0.5) is 0 Å². The summed E-state index contributed by atoms with van der Waals surface area (Å²) in [5.41, 5.74) is 7.59. The third kappa shape index (κ3) is 2.28. The molecule has 88 valence electrons. The molecular weight excluding hydrogens is 198 g/mol. The van der Waals surface area contributed by atoms with Crippen molar-refractivity contribution in [3.8, 4) is 0 Å². The first kappa shape index (κ1) is 11.6. The first-order chi connectivity index (χ1) is 7.77. The van der Waals surface area contributed by atoms with Gasteiger partial charge in [-0.1, -0.05) is 30.3 Å². The van der Waals surface area contributed by atoms with Crippen molar-refractivity contribution in [3.05, 3.63) is 35.9 Å². The van der Waals surface area contributed by atoms with Crippen molar-refractivity contribution >= 4 is 0 Å². The number of hydrogen-bond donors (Lipinski definition) is 1. The van der Waals surface area contributed by atoms with Crippen LogP contribution in [0.25, 0.3) is 0 Å². The van der Waals surface area contributed by atoms with E-state index in [1.165, 1.54) is 12.0 Å². The average Bonchev–Trinajstić information content (AvgIpc) is 2.27. The zero-order valence-corrected chi connectivity index (χ0v) is 9.99. The largest absolute Gasteiger partial charge is 0.377 e. The maximum atomic E-state index is 6.25. The normalized spacial score (nSPS) is 20.1. The third-order valence-electron chi connectivity index (χ3n) is 3.87. The van der Waals surface area contributed by atoms with E-state index in [0.717, 1.165) is 25.7 Å². The number of ether oxygens (including phenoxy) is 1. The van der Waals surface area contributed by atoms with E-state index in [1.807, 2.05) is 6.07 Å². The maximum Gasteiger partial charge on any atom is 0.0829 e. The summed E-state index contributed by atoms with van der Waals surface area (Å²) in [5.74, 6) is 0. The Balaban J connectivity index is 1.86. The fraction of sp³-hybridized carbons (Fsp3) is 0.571. The molecule has 1 aromatic rings. The lowest BCUT2D eigenvalue weighted by molar-refractivity contribution is -0.0912. The summed E-state index contributed by atoms with van der Waals surface area (Å²) in [4.78, 5) is 0. The topological polar surface area (TPSA) is 35.2 Å². The second-order valence-electron chi connectivity index (χ2n) is 4.75. The number of methoxy groups -OCH3 is 1. The molecule has 1 aliphatic rings. The van der Waals surface area contributed by atoms with Gasteiger partial charge in [0, 0.05) is 13.2 Å². The Morgan fingerprint density at radius 3 is 2.50 bits per heavy atom.